The van der Waals surface area contributed by atoms with E-state index in [1.807, 2.05) is 10.8 Å². The van der Waals surface area contributed by atoms with Gasteiger partial charge in [-0.15, -0.1) is 12.4 Å². The van der Waals surface area contributed by atoms with E-state index in [0.29, 0.717) is 6.42 Å². The number of ketones is 1. The number of carbonyl (C=O) groups excluding carboxylic acids is 1. The number of Topliss-reactive ketones (excluding diaryl/α,β-unsaturated/α-hetero) is 1. The summed E-state index contributed by atoms with van der Waals surface area (Å²) in [5.41, 5.74) is 7.55. The summed E-state index contributed by atoms with van der Waals surface area (Å²) in [5.74, 6) is 0.198. The maximum Gasteiger partial charge on any atom is 0.165 e. The Labute approximate surface area is 74.8 Å². The summed E-state index contributed by atoms with van der Waals surface area (Å²) in [4.78, 5) is 11.1. The molecule has 1 heterocycles. The highest BCUT2D eigenvalue weighted by Gasteiger charge is 2.26. The van der Waals surface area contributed by atoms with Gasteiger partial charge in [-0.3, -0.25) is 4.79 Å². The van der Waals surface area contributed by atoms with Gasteiger partial charge in [0.05, 0.1) is 0 Å². The zero-order valence-electron chi connectivity index (χ0n) is 5.74. The first-order valence-electron chi connectivity index (χ1n) is 3.14. The first-order valence-corrected chi connectivity index (χ1v) is 4.08. The van der Waals surface area contributed by atoms with E-state index in [1.165, 1.54) is 0 Å². The van der Waals surface area contributed by atoms with Gasteiger partial charge in [0, 0.05) is 23.4 Å². The highest BCUT2D eigenvalue weighted by Crippen LogP contribution is 2.31. The third kappa shape index (κ3) is 1.20. The molecule has 1 atom stereocenters. The minimum atomic E-state index is -0.0336. The van der Waals surface area contributed by atoms with Crippen molar-refractivity contribution in [3.05, 3.63) is 21.9 Å². The third-order valence-electron chi connectivity index (χ3n) is 1.80. The van der Waals surface area contributed by atoms with Crippen LogP contribution in [0.15, 0.2) is 10.8 Å². The normalized spacial score (nSPS) is 21.2. The Kier molecular flexibility index (Phi) is 2.32. The monoisotopic (exact) mass is 189 g/mol. The molecule has 2 N–H and O–H groups in total. The molecule has 1 aromatic heterocycles. The van der Waals surface area contributed by atoms with Crippen LogP contribution in [-0.2, 0) is 0 Å². The summed E-state index contributed by atoms with van der Waals surface area (Å²) < 4.78 is 0. The molecule has 0 radical (unpaired) electrons. The molecule has 0 aliphatic heterocycles. The van der Waals surface area contributed by atoms with Gasteiger partial charge in [-0.05, 0) is 10.9 Å². The van der Waals surface area contributed by atoms with Crippen molar-refractivity contribution >= 4 is 29.5 Å². The van der Waals surface area contributed by atoms with E-state index in [-0.39, 0.29) is 24.2 Å². The number of fused-ring (bicyclic) bond motifs is 1. The van der Waals surface area contributed by atoms with Gasteiger partial charge in [-0.1, -0.05) is 0 Å². The van der Waals surface area contributed by atoms with Crippen molar-refractivity contribution in [2.75, 3.05) is 0 Å². The second-order valence-electron chi connectivity index (χ2n) is 2.47. The third-order valence-corrected chi connectivity index (χ3v) is 2.56. The lowest BCUT2D eigenvalue weighted by molar-refractivity contribution is 0.0989. The second kappa shape index (κ2) is 2.93. The molecule has 0 aromatic carbocycles. The lowest BCUT2D eigenvalue weighted by atomic mass is 10.2. The number of carbonyl (C=O) groups is 1. The smallest absolute Gasteiger partial charge is 0.165 e. The van der Waals surface area contributed by atoms with Crippen LogP contribution in [0.3, 0.4) is 0 Å². The molecule has 0 amide bonds. The van der Waals surface area contributed by atoms with Gasteiger partial charge >= 0.3 is 0 Å². The molecular formula is C7H8ClNOS. The summed E-state index contributed by atoms with van der Waals surface area (Å²) >= 11 is 1.55. The number of hydrogen-bond acceptors (Lipinski definition) is 3. The van der Waals surface area contributed by atoms with Crippen molar-refractivity contribution in [3.8, 4) is 0 Å². The number of halogens is 1. The molecule has 1 unspecified atom stereocenters. The van der Waals surface area contributed by atoms with E-state index in [1.54, 1.807) is 11.3 Å². The van der Waals surface area contributed by atoms with Crippen molar-refractivity contribution in [2.24, 2.45) is 5.73 Å². The Balaban J connectivity index is 0.000000605. The molecule has 1 aromatic rings. The first-order chi connectivity index (χ1) is 4.79. The van der Waals surface area contributed by atoms with Crippen LogP contribution < -0.4 is 5.73 Å². The number of hydrogen-bond donors (Lipinski definition) is 1. The first kappa shape index (κ1) is 8.71. The van der Waals surface area contributed by atoms with E-state index < -0.39 is 0 Å². The van der Waals surface area contributed by atoms with Crippen LogP contribution in [-0.4, -0.2) is 5.78 Å². The molecule has 0 fully saturated rings. The van der Waals surface area contributed by atoms with Crippen molar-refractivity contribution < 1.29 is 4.79 Å². The number of thiophene rings is 1. The highest BCUT2D eigenvalue weighted by atomic mass is 35.5. The van der Waals surface area contributed by atoms with Crippen LogP contribution in [0.5, 0.6) is 0 Å². The Morgan fingerprint density at radius 3 is 2.91 bits per heavy atom. The fourth-order valence-corrected chi connectivity index (χ4v) is 2.16. The fourth-order valence-electron chi connectivity index (χ4n) is 1.24. The molecule has 0 saturated heterocycles. The maximum atomic E-state index is 11.1. The van der Waals surface area contributed by atoms with Gasteiger partial charge in [0.15, 0.2) is 5.78 Å². The lowest BCUT2D eigenvalue weighted by Gasteiger charge is -1.95. The largest absolute Gasteiger partial charge is 0.324 e. The van der Waals surface area contributed by atoms with E-state index >= 15 is 0 Å². The van der Waals surface area contributed by atoms with Crippen LogP contribution in [0, 0.1) is 0 Å². The van der Waals surface area contributed by atoms with Gasteiger partial charge in [0.1, 0.15) is 0 Å². The van der Waals surface area contributed by atoms with Crippen molar-refractivity contribution in [2.45, 2.75) is 12.5 Å². The molecule has 1 aliphatic rings. The van der Waals surface area contributed by atoms with Gasteiger partial charge in [-0.25, -0.2) is 0 Å². The van der Waals surface area contributed by atoms with Crippen molar-refractivity contribution in [3.63, 3.8) is 0 Å². The molecule has 2 nitrogen and oxygen atoms in total. The summed E-state index contributed by atoms with van der Waals surface area (Å²) in [5, 5.41) is 3.84. The topological polar surface area (TPSA) is 43.1 Å². The molecular weight excluding hydrogens is 182 g/mol. The molecule has 0 spiro atoms. The van der Waals surface area contributed by atoms with Crippen LogP contribution in [0.4, 0.5) is 0 Å². The SMILES string of the molecule is Cl.NC1CC(=O)c2cscc21. The fraction of sp³-hybridized carbons (Fsp3) is 0.286. The average molecular weight is 190 g/mol. The maximum absolute atomic E-state index is 11.1. The minimum Gasteiger partial charge on any atom is -0.324 e. The summed E-state index contributed by atoms with van der Waals surface area (Å²) in [6.45, 7) is 0. The molecule has 1 aliphatic carbocycles. The minimum absolute atomic E-state index is 0. The number of rotatable bonds is 0. The van der Waals surface area contributed by atoms with E-state index in [0.717, 1.165) is 11.1 Å². The van der Waals surface area contributed by atoms with Crippen LogP contribution in [0.25, 0.3) is 0 Å². The van der Waals surface area contributed by atoms with Gasteiger partial charge in [-0.2, -0.15) is 11.3 Å². The molecule has 2 rings (SSSR count). The Morgan fingerprint density at radius 2 is 2.27 bits per heavy atom. The lowest BCUT2D eigenvalue weighted by Crippen LogP contribution is -2.05. The zero-order chi connectivity index (χ0) is 7.14. The Hall–Kier alpha value is -0.380. The quantitative estimate of drug-likeness (QED) is 0.676. The van der Waals surface area contributed by atoms with E-state index in [2.05, 4.69) is 0 Å². The second-order valence-corrected chi connectivity index (χ2v) is 3.22. The molecule has 0 saturated carbocycles. The average Bonchev–Trinajstić information content (AvgIpc) is 2.39. The summed E-state index contributed by atoms with van der Waals surface area (Å²) in [6.07, 6.45) is 0.498. The van der Waals surface area contributed by atoms with Crippen molar-refractivity contribution in [1.82, 2.24) is 0 Å². The van der Waals surface area contributed by atoms with Crippen LogP contribution in [0.2, 0.25) is 0 Å². The van der Waals surface area contributed by atoms with Gasteiger partial charge in [0.25, 0.3) is 0 Å². The molecule has 0 bridgehead atoms. The molecule has 4 heteroatoms. The van der Waals surface area contributed by atoms with Crippen molar-refractivity contribution in [1.29, 1.82) is 0 Å². The predicted molar refractivity (Wildman–Crippen MR) is 47.4 cm³/mol. The van der Waals surface area contributed by atoms with Crippen LogP contribution in [0.1, 0.15) is 28.4 Å². The summed E-state index contributed by atoms with van der Waals surface area (Å²) in [7, 11) is 0. The molecule has 11 heavy (non-hydrogen) atoms. The predicted octanol–water partition coefficient (Wildman–Crippen LogP) is 1.76. The zero-order valence-corrected chi connectivity index (χ0v) is 7.37. The number of nitrogens with two attached hydrogens (primary N) is 1. The van der Waals surface area contributed by atoms with Gasteiger partial charge in [0.2, 0.25) is 0 Å². The van der Waals surface area contributed by atoms with E-state index in [4.69, 9.17) is 5.73 Å². The Morgan fingerprint density at radius 1 is 1.55 bits per heavy atom. The Bertz CT molecular complexity index is 284. The standard InChI is InChI=1S/C7H7NOS.ClH/c8-6-1-7(9)5-3-10-2-4(5)6;/h2-3,6H,1,8H2;1H. The van der Waals surface area contributed by atoms with Crippen LogP contribution >= 0.6 is 23.7 Å². The van der Waals surface area contributed by atoms with Gasteiger partial charge < -0.3 is 5.73 Å². The van der Waals surface area contributed by atoms with E-state index in [9.17, 15) is 4.79 Å². The molecule has 60 valence electrons. The highest BCUT2D eigenvalue weighted by molar-refractivity contribution is 7.08. The summed E-state index contributed by atoms with van der Waals surface area (Å²) in [6, 6.07) is -0.0336.